The Morgan fingerprint density at radius 2 is 2.29 bits per heavy atom. The lowest BCUT2D eigenvalue weighted by Gasteiger charge is -2.21. The number of hydrogen-bond donors (Lipinski definition) is 1. The molecule has 1 aliphatic rings. The first-order valence-electron chi connectivity index (χ1n) is 5.87. The Morgan fingerprint density at radius 3 is 2.76 bits per heavy atom. The molecule has 5 heteroatoms. The summed E-state index contributed by atoms with van der Waals surface area (Å²) < 4.78 is 12.4. The molecule has 17 heavy (non-hydrogen) atoms. The Bertz CT molecular complexity index is 403. The highest BCUT2D eigenvalue weighted by Gasteiger charge is 2.33. The Balaban J connectivity index is 2.00. The number of thiophene rings is 1. The quantitative estimate of drug-likeness (QED) is 0.863. The van der Waals surface area contributed by atoms with Gasteiger partial charge < -0.3 is 5.32 Å². The maximum atomic E-state index is 11.2. The predicted octanol–water partition coefficient (Wildman–Crippen LogP) is 3.32. The van der Waals surface area contributed by atoms with Crippen LogP contribution in [0.15, 0.2) is 15.9 Å². The first-order valence-corrected chi connectivity index (χ1v) is 9.21. The van der Waals surface area contributed by atoms with Gasteiger partial charge in [0.05, 0.1) is 3.79 Å². The van der Waals surface area contributed by atoms with Gasteiger partial charge in [0.15, 0.2) is 0 Å². The van der Waals surface area contributed by atoms with Crippen molar-refractivity contribution in [3.8, 4) is 0 Å². The van der Waals surface area contributed by atoms with Crippen molar-refractivity contribution < 1.29 is 4.21 Å². The van der Waals surface area contributed by atoms with E-state index in [1.807, 2.05) is 0 Å². The average Bonchev–Trinajstić information content (AvgIpc) is 2.97. The van der Waals surface area contributed by atoms with E-state index in [2.05, 4.69) is 40.3 Å². The fourth-order valence-corrected chi connectivity index (χ4v) is 4.46. The van der Waals surface area contributed by atoms with Gasteiger partial charge in [-0.05, 0) is 53.7 Å². The van der Waals surface area contributed by atoms with Gasteiger partial charge in [0.2, 0.25) is 0 Å². The van der Waals surface area contributed by atoms with Gasteiger partial charge in [-0.2, -0.15) is 0 Å². The van der Waals surface area contributed by atoms with Gasteiger partial charge in [-0.3, -0.25) is 4.21 Å². The lowest BCUT2D eigenvalue weighted by Crippen LogP contribution is -2.35. The topological polar surface area (TPSA) is 29.1 Å². The number of halogens is 1. The molecule has 3 atom stereocenters. The minimum Gasteiger partial charge on any atom is -0.306 e. The highest BCUT2D eigenvalue weighted by Crippen LogP contribution is 2.43. The van der Waals surface area contributed by atoms with Crippen molar-refractivity contribution in [1.82, 2.24) is 5.32 Å². The summed E-state index contributed by atoms with van der Waals surface area (Å²) in [5.41, 5.74) is 0. The van der Waals surface area contributed by atoms with Gasteiger partial charge in [0.25, 0.3) is 0 Å². The maximum absolute atomic E-state index is 11.2. The maximum Gasteiger partial charge on any atom is 0.0701 e. The second-order valence-electron chi connectivity index (χ2n) is 4.76. The largest absolute Gasteiger partial charge is 0.306 e. The monoisotopic (exact) mass is 335 g/mol. The molecule has 2 nitrogen and oxygen atoms in total. The molecule has 0 aromatic carbocycles. The van der Waals surface area contributed by atoms with Gasteiger partial charge in [-0.25, -0.2) is 0 Å². The smallest absolute Gasteiger partial charge is 0.0701 e. The molecule has 1 aromatic heterocycles. The third kappa shape index (κ3) is 4.16. The Labute approximate surface area is 118 Å². The summed E-state index contributed by atoms with van der Waals surface area (Å²) >= 11 is 5.32. The van der Waals surface area contributed by atoms with Crippen LogP contribution < -0.4 is 5.32 Å². The van der Waals surface area contributed by atoms with Crippen LogP contribution in [0.2, 0.25) is 0 Å². The van der Waals surface area contributed by atoms with E-state index in [4.69, 9.17) is 0 Å². The zero-order valence-electron chi connectivity index (χ0n) is 10.1. The molecular weight excluding hydrogens is 318 g/mol. The predicted molar refractivity (Wildman–Crippen MR) is 79.0 cm³/mol. The van der Waals surface area contributed by atoms with Crippen LogP contribution in [0.25, 0.3) is 0 Å². The molecule has 1 heterocycles. The van der Waals surface area contributed by atoms with Crippen LogP contribution in [-0.4, -0.2) is 22.3 Å². The first-order chi connectivity index (χ1) is 8.06. The van der Waals surface area contributed by atoms with Crippen molar-refractivity contribution in [1.29, 1.82) is 0 Å². The van der Waals surface area contributed by atoms with Crippen molar-refractivity contribution >= 4 is 38.1 Å². The summed E-state index contributed by atoms with van der Waals surface area (Å²) in [7, 11) is -0.724. The minimum atomic E-state index is -0.724. The standard InChI is InChI=1S/C12H18BrNOS2/c1-8(7-17(2)15)14-12(9-3-4-9)10-5-6-11(13)16-10/h5-6,8-9,12,14H,3-4,7H2,1-2H3/t8-,12-,17+/m1/s1. The molecular formula is C12H18BrNOS2. The third-order valence-corrected chi connectivity index (χ3v) is 5.62. The molecule has 0 spiro atoms. The van der Waals surface area contributed by atoms with E-state index >= 15 is 0 Å². The van der Waals surface area contributed by atoms with Crippen LogP contribution in [0.3, 0.4) is 0 Å². The SMILES string of the molecule is C[C@H](C[S@](C)=O)N[C@@H](c1ccc(Br)s1)C1CC1. The second-order valence-corrected chi connectivity index (χ2v) is 8.74. The van der Waals surface area contributed by atoms with Crippen LogP contribution in [0.1, 0.15) is 30.7 Å². The van der Waals surface area contributed by atoms with Crippen LogP contribution in [0, 0.1) is 5.92 Å². The van der Waals surface area contributed by atoms with Crippen LogP contribution in [0.5, 0.6) is 0 Å². The van der Waals surface area contributed by atoms with Crippen LogP contribution >= 0.6 is 27.3 Å². The van der Waals surface area contributed by atoms with Gasteiger partial charge in [-0.1, -0.05) is 0 Å². The minimum absolute atomic E-state index is 0.312. The highest BCUT2D eigenvalue weighted by molar-refractivity contribution is 9.11. The number of rotatable bonds is 6. The molecule has 1 aromatic rings. The molecule has 0 radical (unpaired) electrons. The molecule has 0 aliphatic heterocycles. The van der Waals surface area contributed by atoms with E-state index in [0.29, 0.717) is 12.1 Å². The Hall–Kier alpha value is 0.290. The molecule has 0 saturated heterocycles. The van der Waals surface area contributed by atoms with E-state index in [-0.39, 0.29) is 0 Å². The fraction of sp³-hybridized carbons (Fsp3) is 0.667. The van der Waals surface area contributed by atoms with Crippen molar-refractivity contribution in [2.24, 2.45) is 5.92 Å². The second kappa shape index (κ2) is 5.95. The van der Waals surface area contributed by atoms with E-state index in [1.54, 1.807) is 17.6 Å². The lowest BCUT2D eigenvalue weighted by molar-refractivity contribution is 0.444. The van der Waals surface area contributed by atoms with Crippen molar-refractivity contribution in [2.45, 2.75) is 31.8 Å². The normalized spacial score (nSPS) is 21.1. The molecule has 2 rings (SSSR count). The average molecular weight is 336 g/mol. The van der Waals surface area contributed by atoms with E-state index < -0.39 is 10.8 Å². The Kier molecular flexibility index (Phi) is 4.80. The van der Waals surface area contributed by atoms with E-state index in [1.165, 1.54) is 21.5 Å². The van der Waals surface area contributed by atoms with Gasteiger partial charge in [0, 0.05) is 39.8 Å². The molecule has 96 valence electrons. The molecule has 0 bridgehead atoms. The molecule has 0 amide bonds. The molecule has 0 unspecified atom stereocenters. The molecule has 1 saturated carbocycles. The van der Waals surface area contributed by atoms with Gasteiger partial charge in [0.1, 0.15) is 0 Å². The fourth-order valence-electron chi connectivity index (χ4n) is 2.08. The van der Waals surface area contributed by atoms with E-state index in [9.17, 15) is 4.21 Å². The summed E-state index contributed by atoms with van der Waals surface area (Å²) in [5, 5.41) is 3.64. The van der Waals surface area contributed by atoms with Gasteiger partial charge >= 0.3 is 0 Å². The highest BCUT2D eigenvalue weighted by atomic mass is 79.9. The summed E-state index contributed by atoms with van der Waals surface area (Å²) in [6.45, 7) is 2.12. The van der Waals surface area contributed by atoms with E-state index in [0.717, 1.165) is 11.7 Å². The molecule has 1 N–H and O–H groups in total. The zero-order chi connectivity index (χ0) is 12.4. The third-order valence-electron chi connectivity index (χ3n) is 2.94. The first kappa shape index (κ1) is 13.7. The zero-order valence-corrected chi connectivity index (χ0v) is 13.3. The number of nitrogens with one attached hydrogen (secondary N) is 1. The lowest BCUT2D eigenvalue weighted by atomic mass is 10.1. The van der Waals surface area contributed by atoms with Crippen molar-refractivity contribution in [2.75, 3.05) is 12.0 Å². The molecule has 1 aliphatic carbocycles. The van der Waals surface area contributed by atoms with Crippen molar-refractivity contribution in [3.05, 3.63) is 20.8 Å². The number of hydrogen-bond acceptors (Lipinski definition) is 3. The summed E-state index contributed by atoms with van der Waals surface area (Å²) in [4.78, 5) is 1.40. The summed E-state index contributed by atoms with van der Waals surface area (Å²) in [6, 6.07) is 5.07. The van der Waals surface area contributed by atoms with Crippen LogP contribution in [0.4, 0.5) is 0 Å². The molecule has 1 fully saturated rings. The van der Waals surface area contributed by atoms with Crippen molar-refractivity contribution in [3.63, 3.8) is 0 Å². The summed E-state index contributed by atoms with van der Waals surface area (Å²) in [6.07, 6.45) is 4.40. The van der Waals surface area contributed by atoms with Gasteiger partial charge in [-0.15, -0.1) is 11.3 Å². The summed E-state index contributed by atoms with van der Waals surface area (Å²) in [5.74, 6) is 1.50. The Morgan fingerprint density at radius 1 is 1.59 bits per heavy atom. The van der Waals surface area contributed by atoms with Crippen LogP contribution in [-0.2, 0) is 10.8 Å².